The Kier molecular flexibility index (Phi) is 5.46. The van der Waals surface area contributed by atoms with E-state index in [1.165, 1.54) is 6.07 Å². The van der Waals surface area contributed by atoms with E-state index in [2.05, 4.69) is 17.6 Å². The molecule has 17 heavy (non-hydrogen) atoms. The van der Waals surface area contributed by atoms with Crippen molar-refractivity contribution < 1.29 is 9.18 Å². The van der Waals surface area contributed by atoms with Crippen LogP contribution in [0, 0.1) is 12.7 Å². The summed E-state index contributed by atoms with van der Waals surface area (Å²) in [6, 6.07) is 4.27. The maximum absolute atomic E-state index is 13.3. The van der Waals surface area contributed by atoms with E-state index in [4.69, 9.17) is 0 Å². The zero-order chi connectivity index (χ0) is 12.7. The van der Waals surface area contributed by atoms with Gasteiger partial charge in [0.1, 0.15) is 5.82 Å². The topological polar surface area (TPSA) is 41.1 Å². The molecule has 2 N–H and O–H groups in total. The van der Waals surface area contributed by atoms with Crippen molar-refractivity contribution >= 4 is 11.7 Å². The number of rotatable bonds is 5. The average Bonchev–Trinajstić information content (AvgIpc) is 2.29. The Morgan fingerprint density at radius 1 is 1.35 bits per heavy atom. The second kappa shape index (κ2) is 6.89. The van der Waals surface area contributed by atoms with E-state index in [0.717, 1.165) is 24.8 Å². The number of carbonyl (C=O) groups is 1. The van der Waals surface area contributed by atoms with Gasteiger partial charge in [0.15, 0.2) is 0 Å². The lowest BCUT2D eigenvalue weighted by molar-refractivity contribution is 0.252. The maximum atomic E-state index is 13.3. The lowest BCUT2D eigenvalue weighted by Gasteiger charge is -2.08. The first-order chi connectivity index (χ1) is 8.13. The van der Waals surface area contributed by atoms with Crippen LogP contribution in [-0.2, 0) is 0 Å². The van der Waals surface area contributed by atoms with E-state index in [0.29, 0.717) is 6.54 Å². The van der Waals surface area contributed by atoms with Gasteiger partial charge in [-0.1, -0.05) is 25.8 Å². The van der Waals surface area contributed by atoms with Crippen molar-refractivity contribution in [1.29, 1.82) is 0 Å². The number of aryl methyl sites for hydroxylation is 1. The molecule has 0 aromatic heterocycles. The zero-order valence-corrected chi connectivity index (χ0v) is 10.3. The van der Waals surface area contributed by atoms with E-state index >= 15 is 0 Å². The first-order valence-electron chi connectivity index (χ1n) is 5.94. The van der Waals surface area contributed by atoms with Crippen LogP contribution in [-0.4, -0.2) is 12.6 Å². The van der Waals surface area contributed by atoms with Crippen molar-refractivity contribution in [3.8, 4) is 0 Å². The molecule has 1 aromatic rings. The first kappa shape index (κ1) is 13.5. The number of carbonyl (C=O) groups excluding carboxylic acids is 1. The fourth-order valence-electron chi connectivity index (χ4n) is 1.48. The van der Waals surface area contributed by atoms with Gasteiger partial charge in [-0.25, -0.2) is 9.18 Å². The Bertz CT molecular complexity index is 380. The van der Waals surface area contributed by atoms with Gasteiger partial charge < -0.3 is 10.6 Å². The normalized spacial score (nSPS) is 10.1. The highest BCUT2D eigenvalue weighted by molar-refractivity contribution is 5.89. The summed E-state index contributed by atoms with van der Waals surface area (Å²) in [4.78, 5) is 11.5. The van der Waals surface area contributed by atoms with Gasteiger partial charge in [-0.2, -0.15) is 0 Å². The molecular weight excluding hydrogens is 219 g/mol. The standard InChI is InChI=1S/C13H19FN2O/c1-3-4-5-8-15-13(17)16-12-9-10(2)6-7-11(12)14/h6-7,9H,3-5,8H2,1-2H3,(H2,15,16,17). The third-order valence-electron chi connectivity index (χ3n) is 2.44. The molecule has 0 aliphatic heterocycles. The summed E-state index contributed by atoms with van der Waals surface area (Å²) in [7, 11) is 0. The van der Waals surface area contributed by atoms with E-state index < -0.39 is 5.82 Å². The molecule has 0 spiro atoms. The summed E-state index contributed by atoms with van der Waals surface area (Å²) >= 11 is 0. The highest BCUT2D eigenvalue weighted by atomic mass is 19.1. The fourth-order valence-corrected chi connectivity index (χ4v) is 1.48. The number of hydrogen-bond acceptors (Lipinski definition) is 1. The first-order valence-corrected chi connectivity index (χ1v) is 5.94. The number of anilines is 1. The van der Waals surface area contributed by atoms with E-state index in [-0.39, 0.29) is 11.7 Å². The van der Waals surface area contributed by atoms with Crippen LogP contribution < -0.4 is 10.6 Å². The third-order valence-corrected chi connectivity index (χ3v) is 2.44. The molecule has 0 radical (unpaired) electrons. The summed E-state index contributed by atoms with van der Waals surface area (Å²) in [6.07, 6.45) is 3.13. The van der Waals surface area contributed by atoms with Crippen molar-refractivity contribution in [2.45, 2.75) is 33.1 Å². The van der Waals surface area contributed by atoms with Crippen molar-refractivity contribution in [2.75, 3.05) is 11.9 Å². The molecule has 0 heterocycles. The molecule has 0 bridgehead atoms. The molecule has 0 fully saturated rings. The van der Waals surface area contributed by atoms with Crippen molar-refractivity contribution in [3.05, 3.63) is 29.6 Å². The van der Waals surface area contributed by atoms with Gasteiger partial charge in [0, 0.05) is 6.54 Å². The highest BCUT2D eigenvalue weighted by Crippen LogP contribution is 2.15. The summed E-state index contributed by atoms with van der Waals surface area (Å²) in [5.41, 5.74) is 1.13. The van der Waals surface area contributed by atoms with Crippen LogP contribution in [0.3, 0.4) is 0 Å². The molecular formula is C13H19FN2O. The largest absolute Gasteiger partial charge is 0.338 e. The quantitative estimate of drug-likeness (QED) is 0.758. The molecule has 0 atom stereocenters. The van der Waals surface area contributed by atoms with Crippen LogP contribution in [0.5, 0.6) is 0 Å². The summed E-state index contributed by atoms with van der Waals surface area (Å²) in [6.45, 7) is 4.57. The molecule has 94 valence electrons. The van der Waals surface area contributed by atoms with Crippen LogP contribution in [0.4, 0.5) is 14.9 Å². The number of halogens is 1. The van der Waals surface area contributed by atoms with Gasteiger partial charge in [0.25, 0.3) is 0 Å². The van der Waals surface area contributed by atoms with Crippen LogP contribution >= 0.6 is 0 Å². The lowest BCUT2D eigenvalue weighted by Crippen LogP contribution is -2.29. The molecule has 0 unspecified atom stereocenters. The molecule has 2 amide bonds. The maximum Gasteiger partial charge on any atom is 0.319 e. The van der Waals surface area contributed by atoms with Gasteiger partial charge in [-0.05, 0) is 31.0 Å². The van der Waals surface area contributed by atoms with Crippen LogP contribution in [0.2, 0.25) is 0 Å². The van der Waals surface area contributed by atoms with Crippen LogP contribution in [0.1, 0.15) is 31.7 Å². The molecule has 3 nitrogen and oxygen atoms in total. The smallest absolute Gasteiger partial charge is 0.319 e. The molecule has 0 saturated heterocycles. The molecule has 1 aromatic carbocycles. The number of benzene rings is 1. The molecule has 0 aliphatic rings. The Hall–Kier alpha value is -1.58. The Morgan fingerprint density at radius 3 is 2.82 bits per heavy atom. The number of amides is 2. The predicted octanol–water partition coefficient (Wildman–Crippen LogP) is 3.45. The number of nitrogens with one attached hydrogen (secondary N) is 2. The van der Waals surface area contributed by atoms with E-state index in [1.54, 1.807) is 12.1 Å². The van der Waals surface area contributed by atoms with Gasteiger partial charge >= 0.3 is 6.03 Å². The van der Waals surface area contributed by atoms with E-state index in [1.807, 2.05) is 6.92 Å². The van der Waals surface area contributed by atoms with Gasteiger partial charge in [-0.3, -0.25) is 0 Å². The van der Waals surface area contributed by atoms with Gasteiger partial charge in [-0.15, -0.1) is 0 Å². The predicted molar refractivity (Wildman–Crippen MR) is 67.7 cm³/mol. The van der Waals surface area contributed by atoms with Crippen molar-refractivity contribution in [2.24, 2.45) is 0 Å². The monoisotopic (exact) mass is 238 g/mol. The van der Waals surface area contributed by atoms with Crippen molar-refractivity contribution in [1.82, 2.24) is 5.32 Å². The summed E-state index contributed by atoms with van der Waals surface area (Å²) in [5, 5.41) is 5.20. The second-order valence-corrected chi connectivity index (χ2v) is 4.07. The van der Waals surface area contributed by atoms with Crippen LogP contribution in [0.15, 0.2) is 18.2 Å². The van der Waals surface area contributed by atoms with Crippen LogP contribution in [0.25, 0.3) is 0 Å². The number of hydrogen-bond donors (Lipinski definition) is 2. The Labute approximate surface area is 101 Å². The minimum atomic E-state index is -0.417. The van der Waals surface area contributed by atoms with Gasteiger partial charge in [0.2, 0.25) is 0 Å². The van der Waals surface area contributed by atoms with Crippen molar-refractivity contribution in [3.63, 3.8) is 0 Å². The van der Waals surface area contributed by atoms with E-state index in [9.17, 15) is 9.18 Å². The minimum absolute atomic E-state index is 0.220. The number of urea groups is 1. The number of unbranched alkanes of at least 4 members (excludes halogenated alkanes) is 2. The van der Waals surface area contributed by atoms with Gasteiger partial charge in [0.05, 0.1) is 5.69 Å². The summed E-state index contributed by atoms with van der Waals surface area (Å²) < 4.78 is 13.3. The Balaban J connectivity index is 2.42. The lowest BCUT2D eigenvalue weighted by atomic mass is 10.2. The highest BCUT2D eigenvalue weighted by Gasteiger charge is 2.05. The molecule has 0 aliphatic carbocycles. The molecule has 0 saturated carbocycles. The second-order valence-electron chi connectivity index (χ2n) is 4.07. The summed E-state index contributed by atoms with van der Waals surface area (Å²) in [5.74, 6) is -0.417. The molecule has 4 heteroatoms. The Morgan fingerprint density at radius 2 is 2.12 bits per heavy atom. The fraction of sp³-hybridized carbons (Fsp3) is 0.462. The average molecular weight is 238 g/mol. The SMILES string of the molecule is CCCCCNC(=O)Nc1cc(C)ccc1F. The third kappa shape index (κ3) is 4.85. The zero-order valence-electron chi connectivity index (χ0n) is 10.3. The minimum Gasteiger partial charge on any atom is -0.338 e. The molecule has 1 rings (SSSR count).